The molecule has 11 rings (SSSR count). The average Bonchev–Trinajstić information content (AvgIpc) is 4.04. The lowest BCUT2D eigenvalue weighted by Gasteiger charge is -2.33. The third-order valence-electron chi connectivity index (χ3n) is 11.2. The number of amidine groups is 3. The molecule has 57 heavy (non-hydrogen) atoms. The molecule has 2 atom stereocenters. The standard InChI is InChI=1S/C46H41N11/c1-26(2)49-35-21-29(55-15-7-8-16-55)20-34-40(35)33(24-47-34)42-31-13-14-32-39(31)41-44(53-42)51-38(19-28-11-5-6-12-28)52-45(41)54-46(32)57-25-48-36-22-30(56-17-9-10-18-56)23-37(43(36)57)50-27(3)4/h5-18,20-28,33,41,49-50H,19H2,1-4H3/t33-,41?/m1/s1. The van der Waals surface area contributed by atoms with Crippen LogP contribution >= 0.6 is 0 Å². The first-order valence-corrected chi connectivity index (χ1v) is 19.7. The summed E-state index contributed by atoms with van der Waals surface area (Å²) in [4.78, 5) is 31.3. The second-order valence-corrected chi connectivity index (χ2v) is 15.9. The number of aromatic nitrogens is 4. The molecule has 0 fully saturated rings. The molecule has 2 aliphatic carbocycles. The number of hydrogen-bond donors (Lipinski definition) is 2. The number of imidazole rings is 1. The van der Waals surface area contributed by atoms with Crippen molar-refractivity contribution in [1.29, 1.82) is 0 Å². The maximum absolute atomic E-state index is 5.46. The minimum atomic E-state index is -0.276. The third kappa shape index (κ3) is 5.48. The van der Waals surface area contributed by atoms with Crippen LogP contribution in [0.1, 0.15) is 45.6 Å². The molecule has 7 heterocycles. The predicted molar refractivity (Wildman–Crippen MR) is 232 cm³/mol. The van der Waals surface area contributed by atoms with E-state index in [0.717, 1.165) is 85.0 Å². The molecule has 2 N–H and O–H groups in total. The van der Waals surface area contributed by atoms with Crippen LogP contribution in [0.15, 0.2) is 158 Å². The van der Waals surface area contributed by atoms with Crippen molar-refractivity contribution in [3.63, 3.8) is 0 Å². The number of rotatable bonds is 10. The van der Waals surface area contributed by atoms with Crippen molar-refractivity contribution in [2.75, 3.05) is 10.6 Å². The number of fused-ring (bicyclic) bond motifs is 2. The van der Waals surface area contributed by atoms with E-state index in [9.17, 15) is 0 Å². The summed E-state index contributed by atoms with van der Waals surface area (Å²) >= 11 is 0. The summed E-state index contributed by atoms with van der Waals surface area (Å²) in [7, 11) is 0. The second kappa shape index (κ2) is 12.8. The lowest BCUT2D eigenvalue weighted by atomic mass is 9.80. The smallest absolute Gasteiger partial charge is 0.148 e. The molecule has 280 valence electrons. The fourth-order valence-corrected chi connectivity index (χ4v) is 8.83. The number of hydrogen-bond acceptors (Lipinski definition) is 8. The Morgan fingerprint density at radius 2 is 1.39 bits per heavy atom. The first kappa shape index (κ1) is 33.5. The molecule has 0 bridgehead atoms. The van der Waals surface area contributed by atoms with Crippen LogP contribution in [0, 0.1) is 11.8 Å². The molecule has 0 saturated carbocycles. The molecule has 5 aromatic rings. The van der Waals surface area contributed by atoms with Crippen LogP contribution < -0.4 is 10.6 Å². The number of aliphatic imine (C=N–C) groups is 5. The second-order valence-electron chi connectivity index (χ2n) is 15.9. The highest BCUT2D eigenvalue weighted by Gasteiger charge is 2.45. The van der Waals surface area contributed by atoms with Gasteiger partial charge in [0.25, 0.3) is 0 Å². The van der Waals surface area contributed by atoms with Crippen LogP contribution in [0.3, 0.4) is 0 Å². The fraction of sp³-hybridized carbons (Fsp3) is 0.217. The lowest BCUT2D eigenvalue weighted by molar-refractivity contribution is 0.861. The summed E-state index contributed by atoms with van der Waals surface area (Å²) in [6.07, 6.45) is 25.8. The zero-order valence-electron chi connectivity index (χ0n) is 32.2. The molecule has 1 unspecified atom stereocenters. The van der Waals surface area contributed by atoms with E-state index < -0.39 is 0 Å². The normalized spacial score (nSPS) is 20.2. The molecule has 11 nitrogen and oxygen atoms in total. The van der Waals surface area contributed by atoms with Crippen molar-refractivity contribution in [2.24, 2.45) is 36.8 Å². The first-order valence-electron chi connectivity index (χ1n) is 19.7. The molecule has 6 aliphatic rings. The number of allylic oxidation sites excluding steroid dienone is 8. The largest absolute Gasteiger partial charge is 0.382 e. The van der Waals surface area contributed by atoms with Crippen molar-refractivity contribution in [3.8, 4) is 11.4 Å². The SMILES string of the molecule is CC(C)Nc1cc(-n2cccc2)cc2c1[C@H](C1=NC3=NC(CC4C=CC=C4)=NC4=NC(n5cnc6cc(-n7cccc7)cc(NC(C)C)c65)=C5C=CC1=C5C34)C=N2. The van der Waals surface area contributed by atoms with Crippen molar-refractivity contribution in [2.45, 2.75) is 52.1 Å². The Bertz CT molecular complexity index is 2810. The first-order chi connectivity index (χ1) is 27.9. The van der Waals surface area contributed by atoms with Crippen LogP contribution in [0.25, 0.3) is 28.2 Å². The maximum atomic E-state index is 5.46. The van der Waals surface area contributed by atoms with Gasteiger partial charge in [0.1, 0.15) is 35.6 Å². The van der Waals surface area contributed by atoms with Crippen molar-refractivity contribution in [3.05, 3.63) is 138 Å². The van der Waals surface area contributed by atoms with Gasteiger partial charge in [0.05, 0.1) is 34.0 Å². The molecule has 4 aliphatic heterocycles. The average molecular weight is 748 g/mol. The van der Waals surface area contributed by atoms with Crippen molar-refractivity contribution >= 4 is 63.3 Å². The van der Waals surface area contributed by atoms with Gasteiger partial charge in [-0.2, -0.15) is 0 Å². The van der Waals surface area contributed by atoms with Gasteiger partial charge >= 0.3 is 0 Å². The van der Waals surface area contributed by atoms with Gasteiger partial charge in [-0.05, 0) is 81.8 Å². The third-order valence-corrected chi connectivity index (χ3v) is 11.2. The summed E-state index contributed by atoms with van der Waals surface area (Å²) in [5, 5.41) is 7.47. The monoisotopic (exact) mass is 747 g/mol. The number of nitrogens with one attached hydrogen (secondary N) is 2. The van der Waals surface area contributed by atoms with Gasteiger partial charge in [0.15, 0.2) is 0 Å². The van der Waals surface area contributed by atoms with Crippen molar-refractivity contribution < 1.29 is 0 Å². The van der Waals surface area contributed by atoms with Gasteiger partial charge in [0.2, 0.25) is 0 Å². The zero-order chi connectivity index (χ0) is 38.4. The Morgan fingerprint density at radius 1 is 0.719 bits per heavy atom. The number of nitrogens with zero attached hydrogens (tertiary/aromatic N) is 9. The zero-order valence-corrected chi connectivity index (χ0v) is 32.2. The molecular formula is C46H41N11. The Morgan fingerprint density at radius 3 is 2.12 bits per heavy atom. The molecule has 11 heteroatoms. The van der Waals surface area contributed by atoms with E-state index in [1.165, 1.54) is 0 Å². The minimum absolute atomic E-state index is 0.188. The van der Waals surface area contributed by atoms with Gasteiger partial charge in [0, 0.05) is 89.2 Å². The summed E-state index contributed by atoms with van der Waals surface area (Å²) in [5.74, 6) is 2.72. The van der Waals surface area contributed by atoms with Crippen LogP contribution in [0.5, 0.6) is 0 Å². The topological polar surface area (TPSA) is 114 Å². The van der Waals surface area contributed by atoms with E-state index in [-0.39, 0.29) is 29.8 Å². The molecule has 3 aromatic heterocycles. The Labute approximate surface area is 330 Å². The number of anilines is 2. The van der Waals surface area contributed by atoms with Gasteiger partial charge in [-0.3, -0.25) is 9.56 Å². The van der Waals surface area contributed by atoms with Crippen LogP contribution in [-0.4, -0.2) is 60.2 Å². The van der Waals surface area contributed by atoms with Crippen LogP contribution in [-0.2, 0) is 0 Å². The van der Waals surface area contributed by atoms with E-state index in [1.807, 2.05) is 30.6 Å². The molecule has 0 radical (unpaired) electrons. The van der Waals surface area contributed by atoms with Crippen LogP contribution in [0.4, 0.5) is 17.1 Å². The Kier molecular flexibility index (Phi) is 7.54. The lowest BCUT2D eigenvalue weighted by Crippen LogP contribution is -2.37. The summed E-state index contributed by atoms with van der Waals surface area (Å²) in [6.45, 7) is 8.65. The highest BCUT2D eigenvalue weighted by Crippen LogP contribution is 2.49. The van der Waals surface area contributed by atoms with Gasteiger partial charge in [-0.1, -0.05) is 36.5 Å². The van der Waals surface area contributed by atoms with Gasteiger partial charge in [-0.15, -0.1) is 0 Å². The summed E-state index contributed by atoms with van der Waals surface area (Å²) in [5.41, 5.74) is 12.2. The Hall–Kier alpha value is -6.88. The quantitative estimate of drug-likeness (QED) is 0.149. The molecule has 0 saturated heterocycles. The van der Waals surface area contributed by atoms with E-state index >= 15 is 0 Å². The molecule has 2 aromatic carbocycles. The fourth-order valence-electron chi connectivity index (χ4n) is 8.83. The number of dihydropyridines is 1. The van der Waals surface area contributed by atoms with Crippen molar-refractivity contribution in [1.82, 2.24) is 18.7 Å². The highest BCUT2D eigenvalue weighted by atomic mass is 15.2. The van der Waals surface area contributed by atoms with Gasteiger partial charge in [-0.25, -0.2) is 25.0 Å². The van der Waals surface area contributed by atoms with E-state index in [1.54, 1.807) is 0 Å². The predicted octanol–water partition coefficient (Wildman–Crippen LogP) is 9.22. The van der Waals surface area contributed by atoms with E-state index in [0.29, 0.717) is 12.3 Å². The maximum Gasteiger partial charge on any atom is 0.148 e. The Balaban J connectivity index is 1.10. The summed E-state index contributed by atoms with van der Waals surface area (Å²) < 4.78 is 6.37. The highest BCUT2D eigenvalue weighted by molar-refractivity contribution is 6.31. The minimum Gasteiger partial charge on any atom is -0.382 e. The van der Waals surface area contributed by atoms with Crippen LogP contribution in [0.2, 0.25) is 0 Å². The molecule has 0 spiro atoms. The van der Waals surface area contributed by atoms with E-state index in [2.05, 4.69) is 144 Å². The van der Waals surface area contributed by atoms with E-state index in [4.69, 9.17) is 29.9 Å². The molecule has 0 amide bonds. The number of benzene rings is 2. The van der Waals surface area contributed by atoms with Gasteiger partial charge < -0.3 is 19.8 Å². The molecular weight excluding hydrogens is 707 g/mol. The summed E-state index contributed by atoms with van der Waals surface area (Å²) in [6, 6.07) is 17.3.